The van der Waals surface area contributed by atoms with Crippen LogP contribution in [0, 0.1) is 0 Å². The van der Waals surface area contributed by atoms with E-state index in [1.165, 1.54) is 0 Å². The van der Waals surface area contributed by atoms with Gasteiger partial charge in [0.25, 0.3) is 5.91 Å². The van der Waals surface area contributed by atoms with Crippen molar-refractivity contribution in [1.29, 1.82) is 0 Å². The lowest BCUT2D eigenvalue weighted by atomic mass is 9.82. The third-order valence-corrected chi connectivity index (χ3v) is 6.39. The Hall–Kier alpha value is -3.97. The summed E-state index contributed by atoms with van der Waals surface area (Å²) in [4.78, 5) is 43.0. The summed E-state index contributed by atoms with van der Waals surface area (Å²) in [5, 5.41) is 2.88. The Morgan fingerprint density at radius 2 is 1.38 bits per heavy atom. The van der Waals surface area contributed by atoms with Gasteiger partial charge in [0.05, 0.1) is 19.8 Å². The average Bonchev–Trinajstić information content (AvgIpc) is 3.16. The molecule has 5 rings (SSSR count). The number of carbonyl (C=O) groups excluding carboxylic acids is 3. The number of nitrogens with one attached hydrogen (secondary N) is 1. The zero-order valence-electron chi connectivity index (χ0n) is 18.6. The van der Waals surface area contributed by atoms with Crippen LogP contribution in [0.4, 0.5) is 10.5 Å². The van der Waals surface area contributed by atoms with E-state index in [0.717, 1.165) is 23.7 Å². The molecular weight excluding hydrogens is 430 g/mol. The highest BCUT2D eigenvalue weighted by atomic mass is 16.5. The van der Waals surface area contributed by atoms with Crippen molar-refractivity contribution in [2.75, 3.05) is 37.7 Å². The number of hydrogen-bond donors (Lipinski definition) is 1. The quantitative estimate of drug-likeness (QED) is 0.456. The topological polar surface area (TPSA) is 79.0 Å². The SMILES string of the molecule is O=C(CN1C(=O)NC(c2ccccc2)(c2ccccc2)C1=O)c1ccc(N2CCOCC2)cc1. The molecule has 34 heavy (non-hydrogen) atoms. The minimum absolute atomic E-state index is 0.297. The molecule has 2 fully saturated rings. The van der Waals surface area contributed by atoms with Gasteiger partial charge in [-0.25, -0.2) is 4.79 Å². The molecular formula is C27H25N3O4. The number of rotatable bonds is 6. The molecule has 0 atom stereocenters. The summed E-state index contributed by atoms with van der Waals surface area (Å²) in [6.07, 6.45) is 0. The van der Waals surface area contributed by atoms with Crippen LogP contribution in [0.2, 0.25) is 0 Å². The van der Waals surface area contributed by atoms with Crippen LogP contribution in [0.5, 0.6) is 0 Å². The summed E-state index contributed by atoms with van der Waals surface area (Å²) in [7, 11) is 0. The number of amides is 3. The van der Waals surface area contributed by atoms with E-state index in [9.17, 15) is 14.4 Å². The lowest BCUT2D eigenvalue weighted by molar-refractivity contribution is -0.129. The molecule has 0 bridgehead atoms. The van der Waals surface area contributed by atoms with Gasteiger partial charge in [-0.1, -0.05) is 60.7 Å². The fourth-order valence-corrected chi connectivity index (χ4v) is 4.57. The highest BCUT2D eigenvalue weighted by Gasteiger charge is 2.54. The van der Waals surface area contributed by atoms with Gasteiger partial charge in [-0.05, 0) is 35.4 Å². The van der Waals surface area contributed by atoms with Crippen molar-refractivity contribution in [3.63, 3.8) is 0 Å². The van der Waals surface area contributed by atoms with Crippen molar-refractivity contribution in [3.8, 4) is 0 Å². The highest BCUT2D eigenvalue weighted by Crippen LogP contribution is 2.36. The number of nitrogens with zero attached hydrogens (tertiary/aromatic N) is 2. The van der Waals surface area contributed by atoms with E-state index >= 15 is 0 Å². The van der Waals surface area contributed by atoms with Gasteiger partial charge in [0.15, 0.2) is 11.3 Å². The number of morpholine rings is 1. The maximum Gasteiger partial charge on any atom is 0.325 e. The Morgan fingerprint density at radius 1 is 0.824 bits per heavy atom. The number of anilines is 1. The smallest absolute Gasteiger partial charge is 0.325 e. The van der Waals surface area contributed by atoms with Gasteiger partial charge in [0.1, 0.15) is 0 Å². The summed E-state index contributed by atoms with van der Waals surface area (Å²) in [5.74, 6) is -0.762. The summed E-state index contributed by atoms with van der Waals surface area (Å²) in [6, 6.07) is 24.9. The Morgan fingerprint density at radius 3 is 1.94 bits per heavy atom. The number of urea groups is 1. The first-order chi connectivity index (χ1) is 16.6. The average molecular weight is 456 g/mol. The lowest BCUT2D eigenvalue weighted by Gasteiger charge is -2.29. The lowest BCUT2D eigenvalue weighted by Crippen LogP contribution is -2.45. The predicted octanol–water partition coefficient (Wildman–Crippen LogP) is 3.20. The van der Waals surface area contributed by atoms with Crippen LogP contribution in [0.3, 0.4) is 0 Å². The van der Waals surface area contributed by atoms with Crippen LogP contribution in [-0.4, -0.2) is 55.5 Å². The van der Waals surface area contributed by atoms with Gasteiger partial charge in [-0.2, -0.15) is 0 Å². The Bertz CT molecular complexity index is 1150. The normalized spacial score (nSPS) is 17.5. The minimum atomic E-state index is -1.37. The van der Waals surface area contributed by atoms with Gasteiger partial charge in [0, 0.05) is 24.3 Å². The molecule has 172 valence electrons. The Balaban J connectivity index is 1.40. The second kappa shape index (κ2) is 9.11. The van der Waals surface area contributed by atoms with E-state index in [4.69, 9.17) is 4.74 Å². The van der Waals surface area contributed by atoms with Crippen molar-refractivity contribution in [2.45, 2.75) is 5.54 Å². The van der Waals surface area contributed by atoms with Crippen molar-refractivity contribution in [1.82, 2.24) is 10.2 Å². The van der Waals surface area contributed by atoms with Crippen LogP contribution < -0.4 is 10.2 Å². The number of hydrogen-bond acceptors (Lipinski definition) is 5. The van der Waals surface area contributed by atoms with Crippen LogP contribution in [-0.2, 0) is 15.1 Å². The first-order valence-electron chi connectivity index (χ1n) is 11.3. The fourth-order valence-electron chi connectivity index (χ4n) is 4.57. The molecule has 2 aliphatic heterocycles. The third-order valence-electron chi connectivity index (χ3n) is 6.39. The van der Waals surface area contributed by atoms with Gasteiger partial charge in [0.2, 0.25) is 0 Å². The van der Waals surface area contributed by atoms with Crippen molar-refractivity contribution < 1.29 is 19.1 Å². The Kier molecular flexibility index (Phi) is 5.86. The Labute approximate surface area is 197 Å². The van der Waals surface area contributed by atoms with Gasteiger partial charge >= 0.3 is 6.03 Å². The summed E-state index contributed by atoms with van der Waals surface area (Å²) in [5.41, 5.74) is 1.38. The van der Waals surface area contributed by atoms with Crippen molar-refractivity contribution >= 4 is 23.4 Å². The molecule has 7 nitrogen and oxygen atoms in total. The van der Waals surface area contributed by atoms with E-state index in [2.05, 4.69) is 10.2 Å². The highest BCUT2D eigenvalue weighted by molar-refractivity contribution is 6.13. The number of benzene rings is 3. The van der Waals surface area contributed by atoms with E-state index in [-0.39, 0.29) is 12.3 Å². The molecule has 2 aliphatic rings. The second-order valence-electron chi connectivity index (χ2n) is 8.37. The van der Waals surface area contributed by atoms with Crippen LogP contribution >= 0.6 is 0 Å². The number of imide groups is 1. The number of carbonyl (C=O) groups is 3. The molecule has 0 aliphatic carbocycles. The number of Topliss-reactive ketones (excluding diaryl/α,β-unsaturated/α-hetero) is 1. The van der Waals surface area contributed by atoms with E-state index in [1.807, 2.05) is 48.5 Å². The molecule has 7 heteroatoms. The summed E-state index contributed by atoms with van der Waals surface area (Å²) in [6.45, 7) is 2.63. The van der Waals surface area contributed by atoms with Crippen LogP contribution in [0.15, 0.2) is 84.9 Å². The first kappa shape index (κ1) is 21.9. The third kappa shape index (κ3) is 3.84. The predicted molar refractivity (Wildman–Crippen MR) is 128 cm³/mol. The first-order valence-corrected chi connectivity index (χ1v) is 11.3. The summed E-state index contributed by atoms with van der Waals surface area (Å²) < 4.78 is 5.39. The molecule has 3 amide bonds. The second-order valence-corrected chi connectivity index (χ2v) is 8.37. The van der Waals surface area contributed by atoms with E-state index < -0.39 is 17.5 Å². The number of ketones is 1. The molecule has 0 spiro atoms. The van der Waals surface area contributed by atoms with Gasteiger partial charge in [-0.15, -0.1) is 0 Å². The molecule has 0 saturated carbocycles. The molecule has 1 N–H and O–H groups in total. The molecule has 0 radical (unpaired) electrons. The molecule has 2 heterocycles. The maximum atomic E-state index is 13.7. The zero-order chi connectivity index (χ0) is 23.5. The molecule has 3 aromatic carbocycles. The van der Waals surface area contributed by atoms with Crippen molar-refractivity contribution in [3.05, 3.63) is 102 Å². The minimum Gasteiger partial charge on any atom is -0.378 e. The monoisotopic (exact) mass is 455 g/mol. The van der Waals surface area contributed by atoms with E-state index in [1.54, 1.807) is 36.4 Å². The van der Waals surface area contributed by atoms with Crippen LogP contribution in [0.1, 0.15) is 21.5 Å². The van der Waals surface area contributed by atoms with E-state index in [0.29, 0.717) is 29.9 Å². The molecule has 0 aromatic heterocycles. The molecule has 2 saturated heterocycles. The number of ether oxygens (including phenoxy) is 1. The standard InChI is InChI=1S/C27H25N3O4/c31-24(20-11-13-23(14-12-20)29-15-17-34-18-16-29)19-30-25(32)27(28-26(30)33,21-7-3-1-4-8-21)22-9-5-2-6-10-22/h1-14H,15-19H2,(H,28,33). The van der Waals surface area contributed by atoms with Crippen LogP contribution in [0.25, 0.3) is 0 Å². The zero-order valence-corrected chi connectivity index (χ0v) is 18.6. The van der Waals surface area contributed by atoms with Gasteiger partial charge < -0.3 is 15.0 Å². The van der Waals surface area contributed by atoms with Crippen molar-refractivity contribution in [2.24, 2.45) is 0 Å². The molecule has 0 unspecified atom stereocenters. The molecule has 3 aromatic rings. The largest absolute Gasteiger partial charge is 0.378 e. The summed E-state index contributed by atoms with van der Waals surface area (Å²) >= 11 is 0. The maximum absolute atomic E-state index is 13.7. The van der Waals surface area contributed by atoms with Gasteiger partial charge in [-0.3, -0.25) is 14.5 Å². The fraction of sp³-hybridized carbons (Fsp3) is 0.222.